The van der Waals surface area contributed by atoms with Crippen molar-refractivity contribution in [2.24, 2.45) is 5.92 Å². The fourth-order valence-electron chi connectivity index (χ4n) is 3.69. The van der Waals surface area contributed by atoms with E-state index >= 15 is 0 Å². The number of rotatable bonds is 5. The Balaban J connectivity index is 1.70. The molecule has 0 radical (unpaired) electrons. The lowest BCUT2D eigenvalue weighted by Crippen LogP contribution is -2.43. The molecule has 1 aromatic rings. The molecule has 1 aromatic heterocycles. The van der Waals surface area contributed by atoms with Crippen LogP contribution in [0.4, 0.5) is 0 Å². The molecule has 0 aliphatic carbocycles. The van der Waals surface area contributed by atoms with E-state index in [2.05, 4.69) is 4.98 Å². The first kappa shape index (κ1) is 19.9. The zero-order valence-electron chi connectivity index (χ0n) is 15.6. The molecule has 9 heteroatoms. The van der Waals surface area contributed by atoms with Gasteiger partial charge in [0.2, 0.25) is 10.0 Å². The van der Waals surface area contributed by atoms with E-state index in [0.29, 0.717) is 39.2 Å². The summed E-state index contributed by atoms with van der Waals surface area (Å²) in [6.07, 6.45) is 5.55. The highest BCUT2D eigenvalue weighted by molar-refractivity contribution is 7.89. The van der Waals surface area contributed by atoms with E-state index in [4.69, 9.17) is 4.74 Å². The van der Waals surface area contributed by atoms with E-state index in [0.717, 1.165) is 25.7 Å². The van der Waals surface area contributed by atoms with Crippen LogP contribution < -0.4 is 0 Å². The second kappa shape index (κ2) is 8.43. The van der Waals surface area contributed by atoms with Crippen LogP contribution in [0.2, 0.25) is 0 Å². The van der Waals surface area contributed by atoms with Crippen molar-refractivity contribution >= 4 is 21.9 Å². The maximum absolute atomic E-state index is 12.8. The minimum absolute atomic E-state index is 0.117. The number of aromatic amines is 1. The number of esters is 1. The number of likely N-dealkylation sites (tertiary alicyclic amines) is 1. The van der Waals surface area contributed by atoms with Gasteiger partial charge < -0.3 is 14.6 Å². The highest BCUT2D eigenvalue weighted by atomic mass is 32.2. The predicted molar refractivity (Wildman–Crippen MR) is 98.7 cm³/mol. The average molecular weight is 397 g/mol. The molecule has 27 heavy (non-hydrogen) atoms. The highest BCUT2D eigenvalue weighted by Crippen LogP contribution is 2.23. The number of aromatic nitrogens is 1. The van der Waals surface area contributed by atoms with Gasteiger partial charge in [0.05, 0.1) is 12.5 Å². The predicted octanol–water partition coefficient (Wildman–Crippen LogP) is 1.60. The summed E-state index contributed by atoms with van der Waals surface area (Å²) in [7, 11) is -3.58. The van der Waals surface area contributed by atoms with Gasteiger partial charge in [0, 0.05) is 32.4 Å². The van der Waals surface area contributed by atoms with Crippen molar-refractivity contribution in [2.45, 2.75) is 43.9 Å². The zero-order valence-corrected chi connectivity index (χ0v) is 16.5. The van der Waals surface area contributed by atoms with E-state index in [1.54, 1.807) is 11.8 Å². The fourth-order valence-corrected chi connectivity index (χ4v) is 5.20. The molecular formula is C18H27N3O5S. The van der Waals surface area contributed by atoms with E-state index < -0.39 is 10.0 Å². The Morgan fingerprint density at radius 3 is 2.63 bits per heavy atom. The van der Waals surface area contributed by atoms with Gasteiger partial charge in [0.25, 0.3) is 5.91 Å². The minimum atomic E-state index is -3.58. The number of hydrogen-bond donors (Lipinski definition) is 1. The molecule has 2 saturated heterocycles. The number of nitrogens with one attached hydrogen (secondary N) is 1. The summed E-state index contributed by atoms with van der Waals surface area (Å²) in [4.78, 5) is 29.2. The molecule has 2 fully saturated rings. The number of ether oxygens (including phenoxy) is 1. The number of piperidine rings is 2. The van der Waals surface area contributed by atoms with Crippen molar-refractivity contribution in [3.63, 3.8) is 0 Å². The third-order valence-electron chi connectivity index (χ3n) is 5.17. The molecule has 0 bridgehead atoms. The van der Waals surface area contributed by atoms with E-state index in [-0.39, 0.29) is 28.4 Å². The molecule has 3 rings (SSSR count). The molecule has 0 spiro atoms. The molecule has 2 aliphatic rings. The molecule has 150 valence electrons. The lowest BCUT2D eigenvalue weighted by atomic mass is 9.98. The number of carbonyl (C=O) groups is 2. The first-order valence-corrected chi connectivity index (χ1v) is 11.0. The largest absolute Gasteiger partial charge is 0.466 e. The zero-order chi connectivity index (χ0) is 19.4. The van der Waals surface area contributed by atoms with Crippen LogP contribution in [0.5, 0.6) is 0 Å². The third-order valence-corrected chi connectivity index (χ3v) is 7.04. The third kappa shape index (κ3) is 4.35. The van der Waals surface area contributed by atoms with Gasteiger partial charge in [-0.3, -0.25) is 9.59 Å². The molecule has 0 saturated carbocycles. The van der Waals surface area contributed by atoms with Gasteiger partial charge >= 0.3 is 5.97 Å². The molecule has 2 aliphatic heterocycles. The van der Waals surface area contributed by atoms with Crippen molar-refractivity contribution < 1.29 is 22.7 Å². The Hall–Kier alpha value is -1.87. The lowest BCUT2D eigenvalue weighted by molar-refractivity contribution is -0.149. The van der Waals surface area contributed by atoms with Crippen molar-refractivity contribution in [2.75, 3.05) is 32.8 Å². The number of amides is 1. The van der Waals surface area contributed by atoms with Gasteiger partial charge in [-0.15, -0.1) is 0 Å². The number of nitrogens with zero attached hydrogens (tertiary/aromatic N) is 2. The molecule has 1 amide bonds. The normalized spacial score (nSPS) is 21.8. The highest BCUT2D eigenvalue weighted by Gasteiger charge is 2.32. The maximum Gasteiger partial charge on any atom is 0.310 e. The molecule has 8 nitrogen and oxygen atoms in total. The smallest absolute Gasteiger partial charge is 0.310 e. The van der Waals surface area contributed by atoms with Crippen LogP contribution in [0.25, 0.3) is 0 Å². The Kier molecular flexibility index (Phi) is 6.21. The summed E-state index contributed by atoms with van der Waals surface area (Å²) in [5.74, 6) is -0.895. The number of carbonyl (C=O) groups excluding carboxylic acids is 2. The molecule has 0 aromatic carbocycles. The molecule has 3 heterocycles. The fraction of sp³-hybridized carbons (Fsp3) is 0.667. The van der Waals surface area contributed by atoms with Gasteiger partial charge in [0.15, 0.2) is 0 Å². The summed E-state index contributed by atoms with van der Waals surface area (Å²) >= 11 is 0. The van der Waals surface area contributed by atoms with E-state index in [9.17, 15) is 18.0 Å². The summed E-state index contributed by atoms with van der Waals surface area (Å²) in [5.41, 5.74) is 0.232. The topological polar surface area (TPSA) is 99.8 Å². The SMILES string of the molecule is CCOC(=O)[C@H]1CCCN(C(=O)c2cc(S(=O)(=O)N3CCCCC3)c[nH]2)C1. The van der Waals surface area contributed by atoms with Crippen molar-refractivity contribution in [3.05, 3.63) is 18.0 Å². The van der Waals surface area contributed by atoms with Gasteiger partial charge in [-0.1, -0.05) is 6.42 Å². The summed E-state index contributed by atoms with van der Waals surface area (Å²) in [6, 6.07) is 1.40. The van der Waals surface area contributed by atoms with Gasteiger partial charge in [0.1, 0.15) is 10.6 Å². The Morgan fingerprint density at radius 1 is 1.19 bits per heavy atom. The van der Waals surface area contributed by atoms with Crippen LogP contribution in [0.15, 0.2) is 17.2 Å². The van der Waals surface area contributed by atoms with Crippen LogP contribution >= 0.6 is 0 Å². The van der Waals surface area contributed by atoms with Crippen molar-refractivity contribution in [1.29, 1.82) is 0 Å². The van der Waals surface area contributed by atoms with Gasteiger partial charge in [-0.2, -0.15) is 4.31 Å². The van der Waals surface area contributed by atoms with Gasteiger partial charge in [-0.05, 0) is 38.7 Å². The number of sulfonamides is 1. The van der Waals surface area contributed by atoms with Crippen molar-refractivity contribution in [3.8, 4) is 0 Å². The average Bonchev–Trinajstić information content (AvgIpc) is 3.19. The lowest BCUT2D eigenvalue weighted by Gasteiger charge is -2.31. The number of hydrogen-bond acceptors (Lipinski definition) is 5. The quantitative estimate of drug-likeness (QED) is 0.761. The van der Waals surface area contributed by atoms with Crippen LogP contribution in [0, 0.1) is 5.92 Å². The molecule has 1 atom stereocenters. The Labute approximate surface area is 159 Å². The molecular weight excluding hydrogens is 370 g/mol. The minimum Gasteiger partial charge on any atom is -0.466 e. The van der Waals surface area contributed by atoms with Crippen LogP contribution in [-0.2, 0) is 19.6 Å². The van der Waals surface area contributed by atoms with E-state index in [1.165, 1.54) is 16.6 Å². The number of H-pyrrole nitrogens is 1. The Bertz CT molecular complexity index is 783. The van der Waals surface area contributed by atoms with Crippen LogP contribution in [-0.4, -0.2) is 67.3 Å². The molecule has 0 unspecified atom stereocenters. The van der Waals surface area contributed by atoms with Gasteiger partial charge in [-0.25, -0.2) is 8.42 Å². The van der Waals surface area contributed by atoms with Crippen LogP contribution in [0.1, 0.15) is 49.5 Å². The summed E-state index contributed by atoms with van der Waals surface area (Å²) in [6.45, 7) is 3.95. The molecule has 1 N–H and O–H groups in total. The Morgan fingerprint density at radius 2 is 1.93 bits per heavy atom. The second-order valence-corrected chi connectivity index (χ2v) is 8.99. The van der Waals surface area contributed by atoms with E-state index in [1.807, 2.05) is 0 Å². The standard InChI is InChI=1S/C18H27N3O5S/c1-2-26-18(23)14-7-6-8-20(13-14)17(22)16-11-15(12-19-16)27(24,25)21-9-4-3-5-10-21/h11-12,14,19H,2-10,13H2,1H3/t14-/m0/s1. The second-order valence-electron chi connectivity index (χ2n) is 7.06. The van der Waals surface area contributed by atoms with Crippen LogP contribution in [0.3, 0.4) is 0 Å². The van der Waals surface area contributed by atoms with Crippen molar-refractivity contribution in [1.82, 2.24) is 14.2 Å². The first-order valence-electron chi connectivity index (χ1n) is 9.58. The summed E-state index contributed by atoms with van der Waals surface area (Å²) < 4.78 is 32.0. The summed E-state index contributed by atoms with van der Waals surface area (Å²) in [5, 5.41) is 0. The first-order chi connectivity index (χ1) is 12.9. The maximum atomic E-state index is 12.8. The monoisotopic (exact) mass is 397 g/mol.